The average Bonchev–Trinajstić information content (AvgIpc) is 2.78. The van der Waals surface area contributed by atoms with Gasteiger partial charge >= 0.3 is 0 Å². The lowest BCUT2D eigenvalue weighted by Crippen LogP contribution is -2.36. The second-order valence-corrected chi connectivity index (χ2v) is 6.62. The number of anilines is 2. The molecular formula is C21H19N3O2. The third-order valence-corrected chi connectivity index (χ3v) is 4.66. The van der Waals surface area contributed by atoms with E-state index in [-0.39, 0.29) is 24.2 Å². The van der Waals surface area contributed by atoms with Gasteiger partial charge in [-0.15, -0.1) is 0 Å². The van der Waals surface area contributed by atoms with Gasteiger partial charge in [0.2, 0.25) is 11.8 Å². The molecule has 1 N–H and O–H groups in total. The molecular weight excluding hydrogens is 326 g/mol. The molecule has 1 aliphatic rings. The van der Waals surface area contributed by atoms with Gasteiger partial charge in [0.15, 0.2) is 0 Å². The van der Waals surface area contributed by atoms with Crippen molar-refractivity contribution in [3.63, 3.8) is 0 Å². The molecule has 1 atom stereocenters. The number of amides is 2. The molecule has 3 aromatic rings. The van der Waals surface area contributed by atoms with Crippen LogP contribution in [-0.2, 0) is 16.0 Å². The van der Waals surface area contributed by atoms with Gasteiger partial charge in [0.1, 0.15) is 0 Å². The Morgan fingerprint density at radius 3 is 2.85 bits per heavy atom. The molecule has 26 heavy (non-hydrogen) atoms. The quantitative estimate of drug-likeness (QED) is 0.774. The largest absolute Gasteiger partial charge is 0.324 e. The molecule has 5 nitrogen and oxygen atoms in total. The van der Waals surface area contributed by atoms with E-state index in [9.17, 15) is 9.59 Å². The van der Waals surface area contributed by atoms with Gasteiger partial charge in [0, 0.05) is 18.1 Å². The van der Waals surface area contributed by atoms with Gasteiger partial charge in [0.25, 0.3) is 0 Å². The van der Waals surface area contributed by atoms with Crippen LogP contribution in [0.5, 0.6) is 0 Å². The highest BCUT2D eigenvalue weighted by Gasteiger charge is 2.28. The summed E-state index contributed by atoms with van der Waals surface area (Å²) in [5.74, 6) is -0.390. The van der Waals surface area contributed by atoms with Crippen molar-refractivity contribution in [2.45, 2.75) is 13.3 Å². The summed E-state index contributed by atoms with van der Waals surface area (Å²) in [5.41, 5.74) is 3.19. The van der Waals surface area contributed by atoms with Crippen molar-refractivity contribution >= 4 is 34.1 Å². The standard InChI is InChI=1S/C21H19N3O2/c1-14-13-24(19-9-5-4-8-18(19)23-21(14)26)20(25)11-15-10-16-6-2-3-7-17(16)22-12-15/h2-10,12,14H,11,13H2,1H3,(H,23,26)/t14-/m0/s1. The number of para-hydroxylation sites is 3. The first-order valence-corrected chi connectivity index (χ1v) is 8.66. The number of rotatable bonds is 2. The molecule has 1 aliphatic heterocycles. The summed E-state index contributed by atoms with van der Waals surface area (Å²) in [6.45, 7) is 2.20. The van der Waals surface area contributed by atoms with Crippen molar-refractivity contribution < 1.29 is 9.59 Å². The number of hydrogen-bond donors (Lipinski definition) is 1. The van der Waals surface area contributed by atoms with Crippen molar-refractivity contribution in [3.8, 4) is 0 Å². The zero-order valence-corrected chi connectivity index (χ0v) is 14.5. The third-order valence-electron chi connectivity index (χ3n) is 4.66. The highest BCUT2D eigenvalue weighted by Crippen LogP contribution is 2.30. The Balaban J connectivity index is 1.64. The van der Waals surface area contributed by atoms with Crippen molar-refractivity contribution in [3.05, 3.63) is 66.4 Å². The number of nitrogens with zero attached hydrogens (tertiary/aromatic N) is 2. The highest BCUT2D eigenvalue weighted by atomic mass is 16.2. The minimum Gasteiger partial charge on any atom is -0.324 e. The first-order chi connectivity index (χ1) is 12.6. The molecule has 2 amide bonds. The molecule has 5 heteroatoms. The summed E-state index contributed by atoms with van der Waals surface area (Å²) in [4.78, 5) is 31.4. The summed E-state index contributed by atoms with van der Waals surface area (Å²) in [6.07, 6.45) is 1.99. The molecule has 0 unspecified atom stereocenters. The van der Waals surface area contributed by atoms with Gasteiger partial charge in [0.05, 0.1) is 29.2 Å². The first kappa shape index (κ1) is 16.3. The molecule has 0 radical (unpaired) electrons. The predicted molar refractivity (Wildman–Crippen MR) is 102 cm³/mol. The van der Waals surface area contributed by atoms with Crippen molar-refractivity contribution in [1.29, 1.82) is 0 Å². The number of fused-ring (bicyclic) bond motifs is 2. The number of carbonyl (C=O) groups excluding carboxylic acids is 2. The Labute approximate surface area is 151 Å². The Morgan fingerprint density at radius 1 is 1.19 bits per heavy atom. The second-order valence-electron chi connectivity index (χ2n) is 6.62. The van der Waals surface area contributed by atoms with Crippen LogP contribution in [0.4, 0.5) is 11.4 Å². The third kappa shape index (κ3) is 3.04. The number of hydrogen-bond acceptors (Lipinski definition) is 3. The smallest absolute Gasteiger partial charge is 0.231 e. The van der Waals surface area contributed by atoms with Gasteiger partial charge in [-0.05, 0) is 29.8 Å². The van der Waals surface area contributed by atoms with Crippen LogP contribution in [0.1, 0.15) is 12.5 Å². The topological polar surface area (TPSA) is 62.3 Å². The van der Waals surface area contributed by atoms with Crippen LogP contribution in [0.15, 0.2) is 60.8 Å². The van der Waals surface area contributed by atoms with E-state index >= 15 is 0 Å². The molecule has 4 rings (SSSR count). The maximum absolute atomic E-state index is 13.0. The highest BCUT2D eigenvalue weighted by molar-refractivity contribution is 6.05. The molecule has 0 fully saturated rings. The fourth-order valence-corrected chi connectivity index (χ4v) is 3.25. The van der Waals surface area contributed by atoms with E-state index in [0.717, 1.165) is 22.2 Å². The maximum atomic E-state index is 13.0. The molecule has 2 aromatic carbocycles. The number of pyridine rings is 1. The van der Waals surface area contributed by atoms with Crippen LogP contribution in [0.25, 0.3) is 10.9 Å². The molecule has 2 heterocycles. The summed E-state index contributed by atoms with van der Waals surface area (Å²) >= 11 is 0. The van der Waals surface area contributed by atoms with Gasteiger partial charge in [-0.25, -0.2) is 0 Å². The van der Waals surface area contributed by atoms with Crippen LogP contribution in [0.2, 0.25) is 0 Å². The fraction of sp³-hybridized carbons (Fsp3) is 0.190. The van der Waals surface area contributed by atoms with Crippen molar-refractivity contribution in [2.24, 2.45) is 5.92 Å². The van der Waals surface area contributed by atoms with E-state index in [0.29, 0.717) is 12.2 Å². The van der Waals surface area contributed by atoms with Crippen molar-refractivity contribution in [2.75, 3.05) is 16.8 Å². The zero-order chi connectivity index (χ0) is 18.1. The minimum atomic E-state index is -0.277. The lowest BCUT2D eigenvalue weighted by Gasteiger charge is -2.23. The lowest BCUT2D eigenvalue weighted by atomic mass is 10.1. The van der Waals surface area contributed by atoms with E-state index in [2.05, 4.69) is 10.3 Å². The first-order valence-electron chi connectivity index (χ1n) is 8.66. The van der Waals surface area contributed by atoms with Gasteiger partial charge < -0.3 is 10.2 Å². The molecule has 130 valence electrons. The van der Waals surface area contributed by atoms with Crippen LogP contribution in [0, 0.1) is 5.92 Å². The average molecular weight is 345 g/mol. The normalized spacial score (nSPS) is 16.7. The summed E-state index contributed by atoms with van der Waals surface area (Å²) < 4.78 is 0. The Kier molecular flexibility index (Phi) is 4.13. The van der Waals surface area contributed by atoms with Crippen molar-refractivity contribution in [1.82, 2.24) is 4.98 Å². The maximum Gasteiger partial charge on any atom is 0.231 e. The van der Waals surface area contributed by atoms with Gasteiger partial charge in [-0.2, -0.15) is 0 Å². The lowest BCUT2D eigenvalue weighted by molar-refractivity contribution is -0.119. The van der Waals surface area contributed by atoms with E-state index in [1.54, 1.807) is 11.1 Å². The molecule has 0 saturated carbocycles. The zero-order valence-electron chi connectivity index (χ0n) is 14.5. The van der Waals surface area contributed by atoms with Crippen LogP contribution >= 0.6 is 0 Å². The monoisotopic (exact) mass is 345 g/mol. The second kappa shape index (κ2) is 6.59. The molecule has 0 aliphatic carbocycles. The number of carbonyl (C=O) groups is 2. The van der Waals surface area contributed by atoms with Gasteiger partial charge in [-0.3, -0.25) is 14.6 Å². The SMILES string of the molecule is C[C@H]1CN(C(=O)Cc2cnc3ccccc3c2)c2ccccc2NC1=O. The number of aromatic nitrogens is 1. The minimum absolute atomic E-state index is 0.0436. The summed E-state index contributed by atoms with van der Waals surface area (Å²) in [5, 5.41) is 3.91. The van der Waals surface area contributed by atoms with Gasteiger partial charge in [-0.1, -0.05) is 37.3 Å². The summed E-state index contributed by atoms with van der Waals surface area (Å²) in [6, 6.07) is 17.3. The van der Waals surface area contributed by atoms with Crippen LogP contribution in [0.3, 0.4) is 0 Å². The Morgan fingerprint density at radius 2 is 1.96 bits per heavy atom. The Hall–Kier alpha value is -3.21. The van der Waals surface area contributed by atoms with Crippen LogP contribution < -0.4 is 10.2 Å². The number of nitrogens with one attached hydrogen (secondary N) is 1. The molecule has 0 spiro atoms. The number of benzene rings is 2. The van der Waals surface area contributed by atoms with Crippen LogP contribution in [-0.4, -0.2) is 23.3 Å². The summed E-state index contributed by atoms with van der Waals surface area (Å²) in [7, 11) is 0. The van der Waals surface area contributed by atoms with E-state index in [1.165, 1.54) is 0 Å². The molecule has 0 saturated heterocycles. The van der Waals surface area contributed by atoms with E-state index in [4.69, 9.17) is 0 Å². The van der Waals surface area contributed by atoms with E-state index < -0.39 is 0 Å². The molecule has 1 aromatic heterocycles. The Bertz CT molecular complexity index is 999. The predicted octanol–water partition coefficient (Wildman–Crippen LogP) is 3.40. The fourth-order valence-electron chi connectivity index (χ4n) is 3.25. The van der Waals surface area contributed by atoms with E-state index in [1.807, 2.05) is 61.5 Å². The molecule has 0 bridgehead atoms.